The predicted molar refractivity (Wildman–Crippen MR) is 42.0 cm³/mol. The van der Waals surface area contributed by atoms with Gasteiger partial charge >= 0.3 is 5.97 Å². The third-order valence-corrected chi connectivity index (χ3v) is 1.42. The van der Waals surface area contributed by atoms with E-state index >= 15 is 0 Å². The Bertz CT molecular complexity index is 243. The number of hydrogen-bond donors (Lipinski definition) is 0. The number of carbonyl (C=O) groups is 1. The van der Waals surface area contributed by atoms with Crippen LogP contribution in [0, 0.1) is 0 Å². The first-order valence-electron chi connectivity index (χ1n) is 3.36. The van der Waals surface area contributed by atoms with Crippen LogP contribution < -0.4 is 0 Å². The lowest BCUT2D eigenvalue weighted by atomic mass is 10.3. The quantitative estimate of drug-likeness (QED) is 0.514. The van der Waals surface area contributed by atoms with Crippen LogP contribution in [0.2, 0.25) is 0 Å². The van der Waals surface area contributed by atoms with Gasteiger partial charge in [0, 0.05) is 0 Å². The van der Waals surface area contributed by atoms with Crippen molar-refractivity contribution >= 4 is 17.4 Å². The fourth-order valence-corrected chi connectivity index (χ4v) is 0.948. The van der Waals surface area contributed by atoms with Crippen molar-refractivity contribution in [2.45, 2.75) is 20.0 Å². The van der Waals surface area contributed by atoms with Gasteiger partial charge < -0.3 is 4.74 Å². The van der Waals surface area contributed by atoms with Gasteiger partial charge in [-0.1, -0.05) is 0 Å². The first-order chi connectivity index (χ1) is 5.15. The van der Waals surface area contributed by atoms with E-state index in [0.29, 0.717) is 11.4 Å². The van der Waals surface area contributed by atoms with E-state index < -0.39 is 5.97 Å². The van der Waals surface area contributed by atoms with Crippen molar-refractivity contribution in [1.29, 1.82) is 0 Å². The lowest BCUT2D eigenvalue weighted by Crippen LogP contribution is -2.20. The van der Waals surface area contributed by atoms with Gasteiger partial charge in [0.05, 0.1) is 12.8 Å². The maximum atomic E-state index is 10.9. The van der Waals surface area contributed by atoms with Crippen LogP contribution in [0.15, 0.2) is 9.98 Å². The molecule has 0 fully saturated rings. The third kappa shape index (κ3) is 1.45. The average Bonchev–Trinajstić information content (AvgIpc) is 2.28. The fourth-order valence-electron chi connectivity index (χ4n) is 0.948. The summed E-state index contributed by atoms with van der Waals surface area (Å²) in [5, 5.41) is 0. The topological polar surface area (TPSA) is 51.0 Å². The number of rotatable bonds is 1. The summed E-state index contributed by atoms with van der Waals surface area (Å²) in [4.78, 5) is 19.0. The lowest BCUT2D eigenvalue weighted by Gasteiger charge is -1.95. The lowest BCUT2D eigenvalue weighted by molar-refractivity contribution is -0.132. The van der Waals surface area contributed by atoms with E-state index in [-0.39, 0.29) is 6.17 Å². The van der Waals surface area contributed by atoms with E-state index in [1.54, 1.807) is 6.92 Å². The Balaban J connectivity index is 2.83. The normalized spacial score (nSPS) is 22.6. The highest BCUT2D eigenvalue weighted by Gasteiger charge is 2.21. The van der Waals surface area contributed by atoms with Crippen LogP contribution in [0.25, 0.3) is 0 Å². The molecule has 4 nitrogen and oxygen atoms in total. The Hall–Kier alpha value is -1.19. The first kappa shape index (κ1) is 7.91. The zero-order chi connectivity index (χ0) is 8.43. The van der Waals surface area contributed by atoms with E-state index in [4.69, 9.17) is 0 Å². The average molecular weight is 154 g/mol. The summed E-state index contributed by atoms with van der Waals surface area (Å²) in [5.41, 5.74) is 1.00. The number of hydrogen-bond acceptors (Lipinski definition) is 4. The summed E-state index contributed by atoms with van der Waals surface area (Å²) >= 11 is 0. The second-order valence-corrected chi connectivity index (χ2v) is 2.32. The van der Waals surface area contributed by atoms with Crippen molar-refractivity contribution in [2.75, 3.05) is 7.11 Å². The molecule has 1 aliphatic heterocycles. The molecule has 0 amide bonds. The van der Waals surface area contributed by atoms with E-state index in [2.05, 4.69) is 14.7 Å². The zero-order valence-electron chi connectivity index (χ0n) is 6.79. The number of carbonyl (C=O) groups excluding carboxylic acids is 1. The van der Waals surface area contributed by atoms with Crippen molar-refractivity contribution in [1.82, 2.24) is 0 Å². The summed E-state index contributed by atoms with van der Waals surface area (Å²) < 4.78 is 4.50. The monoisotopic (exact) mass is 154 g/mol. The van der Waals surface area contributed by atoms with E-state index in [0.717, 1.165) is 0 Å². The summed E-state index contributed by atoms with van der Waals surface area (Å²) in [6, 6.07) is 0. The van der Waals surface area contributed by atoms with Gasteiger partial charge in [-0.25, -0.2) is 9.79 Å². The van der Waals surface area contributed by atoms with Gasteiger partial charge in [-0.3, -0.25) is 4.99 Å². The molecule has 0 aromatic rings. The summed E-state index contributed by atoms with van der Waals surface area (Å²) in [7, 11) is 1.33. The molecule has 0 N–H and O–H groups in total. The van der Waals surface area contributed by atoms with E-state index in [9.17, 15) is 4.79 Å². The van der Waals surface area contributed by atoms with Crippen molar-refractivity contribution in [3.63, 3.8) is 0 Å². The van der Waals surface area contributed by atoms with Crippen LogP contribution in [-0.2, 0) is 9.53 Å². The molecule has 0 spiro atoms. The van der Waals surface area contributed by atoms with Gasteiger partial charge in [0.2, 0.25) is 0 Å². The standard InChI is InChI=1S/C7H10N2O2/c1-4-6(7(10)11-3)9-5(2)8-4/h5H,1-3H3. The highest BCUT2D eigenvalue weighted by Crippen LogP contribution is 2.05. The van der Waals surface area contributed by atoms with Crippen LogP contribution in [0.1, 0.15) is 13.8 Å². The Labute approximate surface area is 65.0 Å². The van der Waals surface area contributed by atoms with Gasteiger partial charge in [0.25, 0.3) is 0 Å². The maximum Gasteiger partial charge on any atom is 0.358 e. The molecule has 0 aromatic heterocycles. The molecule has 1 rings (SSSR count). The van der Waals surface area contributed by atoms with Crippen molar-refractivity contribution in [3.05, 3.63) is 0 Å². The molecule has 1 heterocycles. The minimum absolute atomic E-state index is 0.135. The summed E-state index contributed by atoms with van der Waals surface area (Å²) in [6.45, 7) is 3.57. The van der Waals surface area contributed by atoms with Crippen molar-refractivity contribution < 1.29 is 9.53 Å². The highest BCUT2D eigenvalue weighted by atomic mass is 16.5. The van der Waals surface area contributed by atoms with Crippen LogP contribution in [0.4, 0.5) is 0 Å². The molecule has 11 heavy (non-hydrogen) atoms. The largest absolute Gasteiger partial charge is 0.464 e. The smallest absolute Gasteiger partial charge is 0.358 e. The minimum atomic E-state index is -0.407. The Morgan fingerprint density at radius 2 is 2.18 bits per heavy atom. The number of nitrogens with zero attached hydrogens (tertiary/aromatic N) is 2. The number of esters is 1. The fraction of sp³-hybridized carbons (Fsp3) is 0.571. The molecular formula is C7H10N2O2. The summed E-state index contributed by atoms with van der Waals surface area (Å²) in [5.74, 6) is -0.407. The van der Waals surface area contributed by atoms with Gasteiger partial charge in [0.1, 0.15) is 6.17 Å². The Morgan fingerprint density at radius 3 is 2.55 bits per heavy atom. The highest BCUT2D eigenvalue weighted by molar-refractivity contribution is 6.66. The van der Waals surface area contributed by atoms with E-state index in [1.807, 2.05) is 6.92 Å². The molecule has 0 saturated carbocycles. The molecule has 0 aromatic carbocycles. The number of methoxy groups -OCH3 is 1. The summed E-state index contributed by atoms with van der Waals surface area (Å²) in [6.07, 6.45) is -0.135. The Morgan fingerprint density at radius 1 is 1.55 bits per heavy atom. The molecule has 0 aliphatic carbocycles. The minimum Gasteiger partial charge on any atom is -0.464 e. The first-order valence-corrected chi connectivity index (χ1v) is 3.36. The van der Waals surface area contributed by atoms with Crippen LogP contribution in [0.5, 0.6) is 0 Å². The van der Waals surface area contributed by atoms with Crippen LogP contribution in [-0.4, -0.2) is 30.7 Å². The van der Waals surface area contributed by atoms with Gasteiger partial charge in [-0.2, -0.15) is 0 Å². The van der Waals surface area contributed by atoms with Crippen LogP contribution in [0.3, 0.4) is 0 Å². The second-order valence-electron chi connectivity index (χ2n) is 2.32. The van der Waals surface area contributed by atoms with Gasteiger partial charge in [0.15, 0.2) is 5.71 Å². The molecule has 1 unspecified atom stereocenters. The number of aliphatic imine (C=N–C) groups is 2. The predicted octanol–water partition coefficient (Wildman–Crippen LogP) is 0.421. The molecule has 4 heteroatoms. The zero-order valence-corrected chi connectivity index (χ0v) is 6.79. The Kier molecular flexibility index (Phi) is 2.03. The third-order valence-electron chi connectivity index (χ3n) is 1.42. The van der Waals surface area contributed by atoms with Crippen LogP contribution >= 0.6 is 0 Å². The SMILES string of the molecule is COC(=O)C1=NC(C)N=C1C. The molecule has 1 atom stereocenters. The van der Waals surface area contributed by atoms with Gasteiger partial charge in [-0.05, 0) is 13.8 Å². The molecule has 0 radical (unpaired) electrons. The van der Waals surface area contributed by atoms with E-state index in [1.165, 1.54) is 7.11 Å². The molecule has 1 aliphatic rings. The van der Waals surface area contributed by atoms with Crippen molar-refractivity contribution in [2.24, 2.45) is 9.98 Å². The molecule has 60 valence electrons. The molecule has 0 saturated heterocycles. The maximum absolute atomic E-state index is 10.9. The van der Waals surface area contributed by atoms with Crippen molar-refractivity contribution in [3.8, 4) is 0 Å². The van der Waals surface area contributed by atoms with Gasteiger partial charge in [-0.15, -0.1) is 0 Å². The molecule has 0 bridgehead atoms. The number of ether oxygens (including phenoxy) is 1. The molecular weight excluding hydrogens is 144 g/mol. The second kappa shape index (κ2) is 2.82.